The normalized spacial score (nSPS) is 34.7. The highest BCUT2D eigenvalue weighted by Crippen LogP contribution is 2.58. The average Bonchev–Trinajstić information content (AvgIpc) is 2.59. The quantitative estimate of drug-likeness (QED) is 0.752. The Bertz CT molecular complexity index is 534. The van der Waals surface area contributed by atoms with E-state index in [9.17, 15) is 0 Å². The second kappa shape index (κ2) is 4.82. The van der Waals surface area contributed by atoms with Crippen molar-refractivity contribution in [1.82, 2.24) is 5.06 Å². The van der Waals surface area contributed by atoms with Crippen LogP contribution >= 0.6 is 0 Å². The lowest BCUT2D eigenvalue weighted by molar-refractivity contribution is -0.180. The van der Waals surface area contributed by atoms with Crippen molar-refractivity contribution in [2.75, 3.05) is 7.05 Å². The number of benzene rings is 1. The Morgan fingerprint density at radius 1 is 1.14 bits per heavy atom. The molecule has 1 aromatic carbocycles. The average molecular weight is 287 g/mol. The summed E-state index contributed by atoms with van der Waals surface area (Å²) in [6, 6.07) is 9.63. The zero-order chi connectivity index (χ0) is 15.4. The molecule has 2 aliphatic rings. The highest BCUT2D eigenvalue weighted by molar-refractivity contribution is 5.29. The van der Waals surface area contributed by atoms with Crippen LogP contribution in [0.2, 0.25) is 0 Å². The predicted octanol–water partition coefficient (Wildman–Crippen LogP) is 4.54. The summed E-state index contributed by atoms with van der Waals surface area (Å²) >= 11 is 0. The van der Waals surface area contributed by atoms with Crippen LogP contribution in [0.25, 0.3) is 0 Å². The lowest BCUT2D eigenvalue weighted by atomic mass is 9.55. The van der Waals surface area contributed by atoms with Gasteiger partial charge in [-0.2, -0.15) is 5.06 Å². The summed E-state index contributed by atoms with van der Waals surface area (Å²) in [5.74, 6) is 1.18. The van der Waals surface area contributed by atoms with Crippen LogP contribution in [0.3, 0.4) is 0 Å². The van der Waals surface area contributed by atoms with Crippen molar-refractivity contribution in [3.8, 4) is 0 Å². The predicted molar refractivity (Wildman–Crippen MR) is 87.1 cm³/mol. The Labute approximate surface area is 129 Å². The van der Waals surface area contributed by atoms with E-state index >= 15 is 0 Å². The van der Waals surface area contributed by atoms with Crippen molar-refractivity contribution in [2.45, 2.75) is 65.0 Å². The number of hydroxylamine groups is 2. The Hall–Kier alpha value is -0.860. The minimum absolute atomic E-state index is 0.0780. The van der Waals surface area contributed by atoms with Crippen LogP contribution in [0.5, 0.6) is 0 Å². The molecule has 2 nitrogen and oxygen atoms in total. The van der Waals surface area contributed by atoms with Gasteiger partial charge in [-0.15, -0.1) is 0 Å². The zero-order valence-corrected chi connectivity index (χ0v) is 14.3. The molecule has 2 heteroatoms. The Morgan fingerprint density at radius 3 is 2.52 bits per heavy atom. The van der Waals surface area contributed by atoms with E-state index < -0.39 is 0 Å². The fraction of sp³-hybridized carbons (Fsp3) is 0.684. The molecule has 1 heterocycles. The molecule has 0 radical (unpaired) electrons. The van der Waals surface area contributed by atoms with Crippen LogP contribution in [0.4, 0.5) is 0 Å². The number of rotatable bonds is 1. The molecule has 1 saturated heterocycles. The number of hydrogen-bond donors (Lipinski definition) is 0. The first-order chi connectivity index (χ1) is 9.73. The Kier molecular flexibility index (Phi) is 3.46. The fourth-order valence-corrected chi connectivity index (χ4v) is 5.32. The molecule has 0 amide bonds. The van der Waals surface area contributed by atoms with Gasteiger partial charge in [-0.1, -0.05) is 43.7 Å². The molecule has 116 valence electrons. The summed E-state index contributed by atoms with van der Waals surface area (Å²) in [5.41, 5.74) is 3.03. The second-order valence-electron chi connectivity index (χ2n) is 8.15. The zero-order valence-electron chi connectivity index (χ0n) is 14.3. The molecule has 21 heavy (non-hydrogen) atoms. The van der Waals surface area contributed by atoms with Crippen LogP contribution in [-0.4, -0.2) is 23.8 Å². The molecule has 1 aromatic rings. The van der Waals surface area contributed by atoms with Crippen molar-refractivity contribution in [3.63, 3.8) is 0 Å². The molecule has 0 aromatic heterocycles. The highest BCUT2D eigenvalue weighted by Gasteiger charge is 2.58. The molecule has 3 unspecified atom stereocenters. The minimum atomic E-state index is -0.0780. The monoisotopic (exact) mass is 287 g/mol. The second-order valence-corrected chi connectivity index (χ2v) is 8.15. The first kappa shape index (κ1) is 15.1. The van der Waals surface area contributed by atoms with Gasteiger partial charge in [0.15, 0.2) is 0 Å². The molecule has 0 spiro atoms. The van der Waals surface area contributed by atoms with Gasteiger partial charge in [-0.05, 0) is 50.5 Å². The van der Waals surface area contributed by atoms with E-state index in [1.165, 1.54) is 24.0 Å². The maximum absolute atomic E-state index is 6.17. The van der Waals surface area contributed by atoms with Crippen molar-refractivity contribution >= 4 is 0 Å². The van der Waals surface area contributed by atoms with Crippen LogP contribution in [0, 0.1) is 18.3 Å². The molecule has 0 N–H and O–H groups in total. The molecule has 1 saturated carbocycles. The molecule has 2 fully saturated rings. The van der Waals surface area contributed by atoms with Gasteiger partial charge in [0, 0.05) is 19.0 Å². The van der Waals surface area contributed by atoms with Crippen molar-refractivity contribution in [1.29, 1.82) is 0 Å². The summed E-state index contributed by atoms with van der Waals surface area (Å²) in [7, 11) is 2.11. The highest BCUT2D eigenvalue weighted by atomic mass is 16.7. The van der Waals surface area contributed by atoms with Gasteiger partial charge < -0.3 is 0 Å². The van der Waals surface area contributed by atoms with E-state index in [-0.39, 0.29) is 11.0 Å². The summed E-state index contributed by atoms with van der Waals surface area (Å²) in [6.07, 6.45) is 2.48. The first-order valence-electron chi connectivity index (χ1n) is 8.22. The molecule has 1 aliphatic carbocycles. The largest absolute Gasteiger partial charge is 0.293 e. The van der Waals surface area contributed by atoms with Crippen molar-refractivity contribution < 1.29 is 4.84 Å². The maximum atomic E-state index is 6.17. The smallest absolute Gasteiger partial charge is 0.0892 e. The molecule has 0 bridgehead atoms. The van der Waals surface area contributed by atoms with Gasteiger partial charge in [-0.25, -0.2) is 0 Å². The van der Waals surface area contributed by atoms with Crippen LogP contribution in [0.15, 0.2) is 24.3 Å². The molecular formula is C19H29NO. The van der Waals surface area contributed by atoms with E-state index in [1.807, 2.05) is 0 Å². The van der Waals surface area contributed by atoms with Gasteiger partial charge in [0.25, 0.3) is 0 Å². The van der Waals surface area contributed by atoms with E-state index in [2.05, 4.69) is 71.0 Å². The summed E-state index contributed by atoms with van der Waals surface area (Å²) < 4.78 is 0. The van der Waals surface area contributed by atoms with Crippen molar-refractivity contribution in [2.24, 2.45) is 11.3 Å². The van der Waals surface area contributed by atoms with Crippen LogP contribution in [-0.2, 0) is 4.84 Å². The van der Waals surface area contributed by atoms with Crippen LogP contribution in [0.1, 0.15) is 57.6 Å². The topological polar surface area (TPSA) is 12.5 Å². The lowest BCUT2D eigenvalue weighted by Gasteiger charge is -2.50. The summed E-state index contributed by atoms with van der Waals surface area (Å²) in [6.45, 7) is 11.6. The maximum Gasteiger partial charge on any atom is 0.0892 e. The third-order valence-corrected chi connectivity index (χ3v) is 5.88. The summed E-state index contributed by atoms with van der Waals surface area (Å²) in [4.78, 5) is 6.17. The number of fused-ring (bicyclic) bond motifs is 1. The minimum Gasteiger partial charge on any atom is -0.293 e. The van der Waals surface area contributed by atoms with Gasteiger partial charge >= 0.3 is 0 Å². The third kappa shape index (κ3) is 2.33. The van der Waals surface area contributed by atoms with Gasteiger partial charge in [0.1, 0.15) is 0 Å². The Morgan fingerprint density at radius 2 is 1.86 bits per heavy atom. The molecular weight excluding hydrogens is 258 g/mol. The van der Waals surface area contributed by atoms with E-state index in [1.54, 1.807) is 0 Å². The van der Waals surface area contributed by atoms with Gasteiger partial charge in [0.2, 0.25) is 0 Å². The molecule has 1 aliphatic heterocycles. The fourth-order valence-electron chi connectivity index (χ4n) is 5.32. The third-order valence-electron chi connectivity index (χ3n) is 5.88. The SMILES string of the molecule is Cc1cccc(C2CCC3C(C(C)(C)ON3C)C2(C)C)c1. The van der Waals surface area contributed by atoms with E-state index in [4.69, 9.17) is 4.84 Å². The number of nitrogens with zero attached hydrogens (tertiary/aromatic N) is 1. The van der Waals surface area contributed by atoms with E-state index in [0.717, 1.165) is 0 Å². The number of aryl methyl sites for hydroxylation is 1. The van der Waals surface area contributed by atoms with Gasteiger partial charge in [-0.3, -0.25) is 4.84 Å². The van der Waals surface area contributed by atoms with E-state index in [0.29, 0.717) is 17.9 Å². The summed E-state index contributed by atoms with van der Waals surface area (Å²) in [5, 5.41) is 2.12. The first-order valence-corrected chi connectivity index (χ1v) is 8.22. The van der Waals surface area contributed by atoms with Gasteiger partial charge in [0.05, 0.1) is 5.60 Å². The number of hydrogen-bond acceptors (Lipinski definition) is 2. The van der Waals surface area contributed by atoms with Crippen LogP contribution < -0.4 is 0 Å². The standard InChI is InChI=1S/C19H29NO/c1-13-8-7-9-14(12-13)15-10-11-16-17(18(15,2)3)19(4,5)21-20(16)6/h7-9,12,15-17H,10-11H2,1-6H3. The lowest BCUT2D eigenvalue weighted by Crippen LogP contribution is -2.49. The van der Waals surface area contributed by atoms with Crippen molar-refractivity contribution in [3.05, 3.63) is 35.4 Å². The molecule has 3 rings (SSSR count). The molecule has 3 atom stereocenters. The Balaban J connectivity index is 1.99.